The van der Waals surface area contributed by atoms with Crippen LogP contribution in [0.4, 0.5) is 5.69 Å². The summed E-state index contributed by atoms with van der Waals surface area (Å²) < 4.78 is 29.6. The van der Waals surface area contributed by atoms with Crippen molar-refractivity contribution in [2.24, 2.45) is 10.7 Å². The molecule has 120 valence electrons. The average molecular weight is 330 g/mol. The number of benzene rings is 2. The van der Waals surface area contributed by atoms with E-state index in [1.807, 2.05) is 0 Å². The van der Waals surface area contributed by atoms with Crippen LogP contribution in [0.3, 0.4) is 0 Å². The molecule has 2 aromatic carbocycles. The predicted molar refractivity (Wildman–Crippen MR) is 91.7 cm³/mol. The number of allylic oxidation sites excluding steroid dienone is 1. The minimum atomic E-state index is -3.60. The molecule has 0 saturated heterocycles. The lowest BCUT2D eigenvalue weighted by molar-refractivity contribution is 0.415. The zero-order chi connectivity index (χ0) is 16.9. The van der Waals surface area contributed by atoms with Crippen LogP contribution >= 0.6 is 0 Å². The Hall–Kier alpha value is -2.60. The van der Waals surface area contributed by atoms with Crippen molar-refractivity contribution in [2.45, 2.75) is 11.8 Å². The highest BCUT2D eigenvalue weighted by atomic mass is 32.2. The number of nitrogens with zero attached hydrogens (tertiary/aromatic N) is 1. The van der Waals surface area contributed by atoms with Crippen LogP contribution in [0.2, 0.25) is 0 Å². The van der Waals surface area contributed by atoms with Crippen LogP contribution in [-0.4, -0.2) is 21.2 Å². The van der Waals surface area contributed by atoms with Gasteiger partial charge in [-0.25, -0.2) is 8.42 Å². The van der Waals surface area contributed by atoms with Crippen molar-refractivity contribution < 1.29 is 13.2 Å². The van der Waals surface area contributed by atoms with Crippen LogP contribution in [-0.2, 0) is 9.84 Å². The Morgan fingerprint density at radius 3 is 2.26 bits per heavy atom. The van der Waals surface area contributed by atoms with E-state index in [0.717, 1.165) is 11.2 Å². The van der Waals surface area contributed by atoms with Gasteiger partial charge in [-0.05, 0) is 43.3 Å². The Morgan fingerprint density at radius 2 is 1.70 bits per heavy atom. The monoisotopic (exact) mass is 330 g/mol. The van der Waals surface area contributed by atoms with Gasteiger partial charge in [0.2, 0.25) is 9.84 Å². The average Bonchev–Trinajstić information content (AvgIpc) is 2.56. The number of ether oxygens (including phenoxy) is 1. The Bertz CT molecular complexity index is 824. The second kappa shape index (κ2) is 7.11. The number of aliphatic imine (C=N–C) groups is 1. The fourth-order valence-electron chi connectivity index (χ4n) is 1.85. The molecule has 0 aliphatic heterocycles. The van der Waals surface area contributed by atoms with E-state index in [-0.39, 0.29) is 10.6 Å². The van der Waals surface area contributed by atoms with Crippen LogP contribution < -0.4 is 10.5 Å². The molecule has 6 heteroatoms. The van der Waals surface area contributed by atoms with Gasteiger partial charge in [-0.3, -0.25) is 4.99 Å². The maximum absolute atomic E-state index is 12.3. The molecule has 0 spiro atoms. The number of methoxy groups -OCH3 is 1. The summed E-state index contributed by atoms with van der Waals surface area (Å²) in [4.78, 5) is 4.51. The molecule has 0 heterocycles. The van der Waals surface area contributed by atoms with E-state index in [1.165, 1.54) is 12.1 Å². The van der Waals surface area contributed by atoms with Gasteiger partial charge in [-0.2, -0.15) is 0 Å². The molecule has 0 fully saturated rings. The quantitative estimate of drug-likeness (QED) is 0.854. The standard InChI is InChI=1S/C17H18N2O3S/c1-13(19-14-8-10-15(22-2)11-9-14)17(18)12-23(20,21)16-6-4-3-5-7-16/h3-12H,18H2,1-2H3/b17-12-,19-13?. The first-order valence-electron chi connectivity index (χ1n) is 6.89. The molecule has 0 amide bonds. The highest BCUT2D eigenvalue weighted by molar-refractivity contribution is 7.94. The van der Waals surface area contributed by atoms with E-state index in [0.29, 0.717) is 11.4 Å². The van der Waals surface area contributed by atoms with Crippen LogP contribution in [0.25, 0.3) is 0 Å². The van der Waals surface area contributed by atoms with Gasteiger partial charge in [0.05, 0.1) is 34.5 Å². The van der Waals surface area contributed by atoms with E-state index < -0.39 is 9.84 Å². The van der Waals surface area contributed by atoms with E-state index >= 15 is 0 Å². The van der Waals surface area contributed by atoms with Crippen molar-refractivity contribution in [3.63, 3.8) is 0 Å². The Kier molecular flexibility index (Phi) is 5.18. The van der Waals surface area contributed by atoms with Gasteiger partial charge in [0.25, 0.3) is 0 Å². The van der Waals surface area contributed by atoms with Crippen molar-refractivity contribution in [3.05, 3.63) is 65.7 Å². The van der Waals surface area contributed by atoms with Crippen molar-refractivity contribution in [1.29, 1.82) is 0 Å². The second-order valence-electron chi connectivity index (χ2n) is 4.83. The molecule has 0 bridgehead atoms. The van der Waals surface area contributed by atoms with Crippen LogP contribution in [0.15, 0.2) is 75.6 Å². The summed E-state index contributed by atoms with van der Waals surface area (Å²) in [6.45, 7) is 1.66. The largest absolute Gasteiger partial charge is 0.497 e. The van der Waals surface area contributed by atoms with Gasteiger partial charge in [0, 0.05) is 0 Å². The normalized spacial score (nSPS) is 13.0. The van der Waals surface area contributed by atoms with Crippen molar-refractivity contribution in [2.75, 3.05) is 7.11 Å². The molecular formula is C17H18N2O3S. The Morgan fingerprint density at radius 1 is 1.09 bits per heavy atom. The first-order chi connectivity index (χ1) is 10.9. The zero-order valence-electron chi connectivity index (χ0n) is 12.9. The van der Waals surface area contributed by atoms with Gasteiger partial charge >= 0.3 is 0 Å². The first-order valence-corrected chi connectivity index (χ1v) is 8.44. The van der Waals surface area contributed by atoms with Crippen LogP contribution in [0, 0.1) is 0 Å². The lowest BCUT2D eigenvalue weighted by atomic mass is 10.3. The maximum atomic E-state index is 12.3. The fraction of sp³-hybridized carbons (Fsp3) is 0.118. The SMILES string of the molecule is COc1ccc(N=C(C)/C(N)=C/S(=O)(=O)c2ccccc2)cc1. The molecule has 0 unspecified atom stereocenters. The number of hydrogen-bond acceptors (Lipinski definition) is 5. The molecular weight excluding hydrogens is 312 g/mol. The van der Waals surface area contributed by atoms with Gasteiger partial charge in [0.1, 0.15) is 5.75 Å². The second-order valence-corrected chi connectivity index (χ2v) is 6.62. The molecule has 0 saturated carbocycles. The number of rotatable bonds is 5. The third kappa shape index (κ3) is 4.43. The molecule has 23 heavy (non-hydrogen) atoms. The summed E-state index contributed by atoms with van der Waals surface area (Å²) in [5.41, 5.74) is 7.06. The summed E-state index contributed by atoms with van der Waals surface area (Å²) in [7, 11) is -2.01. The number of nitrogens with two attached hydrogens (primary N) is 1. The summed E-state index contributed by atoms with van der Waals surface area (Å²) in [5.74, 6) is 0.719. The van der Waals surface area contributed by atoms with Gasteiger partial charge in [-0.15, -0.1) is 0 Å². The lowest BCUT2D eigenvalue weighted by Crippen LogP contribution is -2.11. The lowest BCUT2D eigenvalue weighted by Gasteiger charge is -2.04. The molecule has 5 nitrogen and oxygen atoms in total. The molecule has 2 aromatic rings. The predicted octanol–water partition coefficient (Wildman–Crippen LogP) is 3.06. The molecule has 0 aliphatic rings. The van der Waals surface area contributed by atoms with E-state index in [1.54, 1.807) is 56.5 Å². The zero-order valence-corrected chi connectivity index (χ0v) is 13.7. The third-order valence-electron chi connectivity index (χ3n) is 3.14. The topological polar surface area (TPSA) is 81.8 Å². The summed E-state index contributed by atoms with van der Waals surface area (Å²) in [6.07, 6.45) is 0. The van der Waals surface area contributed by atoms with Crippen molar-refractivity contribution in [3.8, 4) is 5.75 Å². The molecule has 0 aromatic heterocycles. The van der Waals surface area contributed by atoms with Crippen LogP contribution in [0.1, 0.15) is 6.92 Å². The number of sulfone groups is 1. The summed E-state index contributed by atoms with van der Waals surface area (Å²) >= 11 is 0. The minimum absolute atomic E-state index is 0.102. The van der Waals surface area contributed by atoms with Gasteiger partial charge in [-0.1, -0.05) is 18.2 Å². The van der Waals surface area contributed by atoms with E-state index in [2.05, 4.69) is 4.99 Å². The van der Waals surface area contributed by atoms with Gasteiger partial charge < -0.3 is 10.5 Å². The number of hydrogen-bond donors (Lipinski definition) is 1. The van der Waals surface area contributed by atoms with Crippen molar-refractivity contribution in [1.82, 2.24) is 0 Å². The minimum Gasteiger partial charge on any atom is -0.497 e. The smallest absolute Gasteiger partial charge is 0.201 e. The maximum Gasteiger partial charge on any atom is 0.201 e. The Labute approximate surface area is 136 Å². The molecule has 0 atom stereocenters. The van der Waals surface area contributed by atoms with E-state index in [4.69, 9.17) is 10.5 Å². The summed E-state index contributed by atoms with van der Waals surface area (Å²) in [6, 6.07) is 15.2. The highest BCUT2D eigenvalue weighted by Gasteiger charge is 2.12. The van der Waals surface area contributed by atoms with Gasteiger partial charge in [0.15, 0.2) is 0 Å². The Balaban J connectivity index is 2.27. The first kappa shape index (κ1) is 16.8. The fourth-order valence-corrected chi connectivity index (χ4v) is 3.02. The molecule has 0 radical (unpaired) electrons. The molecule has 0 aliphatic carbocycles. The molecule has 2 rings (SSSR count). The summed E-state index contributed by atoms with van der Waals surface area (Å²) in [5, 5.41) is 1.03. The van der Waals surface area contributed by atoms with E-state index in [9.17, 15) is 8.42 Å². The van der Waals surface area contributed by atoms with Crippen LogP contribution in [0.5, 0.6) is 5.75 Å². The highest BCUT2D eigenvalue weighted by Crippen LogP contribution is 2.19. The third-order valence-corrected chi connectivity index (χ3v) is 4.63. The van der Waals surface area contributed by atoms with Crippen molar-refractivity contribution >= 4 is 21.2 Å². The molecule has 2 N–H and O–H groups in total.